The number of aromatic nitrogens is 1. The second kappa shape index (κ2) is 14.7. The smallest absolute Gasteiger partial charge is 0.425 e. The maximum absolute atomic E-state index is 13.8. The molecule has 260 valence electrons. The van der Waals surface area contributed by atoms with E-state index in [9.17, 15) is 22.8 Å². The van der Waals surface area contributed by atoms with Gasteiger partial charge in [0.25, 0.3) is 0 Å². The number of nitrogens with one attached hydrogen (secondary N) is 2. The van der Waals surface area contributed by atoms with Crippen LogP contribution >= 0.6 is 0 Å². The van der Waals surface area contributed by atoms with Crippen LogP contribution in [-0.2, 0) is 37.1 Å². The third-order valence-corrected chi connectivity index (χ3v) is 8.40. The van der Waals surface area contributed by atoms with Crippen LogP contribution in [0.4, 0.5) is 21.1 Å². The Morgan fingerprint density at radius 3 is 2.12 bits per heavy atom. The Labute approximate surface area is 287 Å². The molecule has 12 heteroatoms. The normalized spacial score (nSPS) is 12.6. The molecule has 0 bridgehead atoms. The highest BCUT2D eigenvalue weighted by Gasteiger charge is 2.34. The van der Waals surface area contributed by atoms with Crippen LogP contribution < -0.4 is 15.5 Å². The van der Waals surface area contributed by atoms with Gasteiger partial charge in [-0.25, -0.2) is 23.0 Å². The summed E-state index contributed by atoms with van der Waals surface area (Å²) < 4.78 is 35.8. The van der Waals surface area contributed by atoms with E-state index in [1.54, 1.807) is 84.0 Å². The van der Waals surface area contributed by atoms with Crippen LogP contribution in [0.25, 0.3) is 10.8 Å². The van der Waals surface area contributed by atoms with Gasteiger partial charge in [-0.15, -0.1) is 0 Å². The van der Waals surface area contributed by atoms with Crippen molar-refractivity contribution in [1.29, 1.82) is 0 Å². The number of anilines is 2. The van der Waals surface area contributed by atoms with Crippen LogP contribution in [0.1, 0.15) is 71.2 Å². The molecule has 11 nitrogen and oxygen atoms in total. The molecule has 1 unspecified atom stereocenters. The summed E-state index contributed by atoms with van der Waals surface area (Å²) in [5.41, 5.74) is 1.02. The second-order valence-electron chi connectivity index (χ2n) is 13.6. The third-order valence-electron chi connectivity index (χ3n) is 7.20. The molecule has 0 saturated carbocycles. The molecule has 1 aromatic heterocycles. The number of rotatable bonds is 9. The molecule has 0 spiro atoms. The summed E-state index contributed by atoms with van der Waals surface area (Å²) in [6.07, 6.45) is 1.50. The lowest BCUT2D eigenvalue weighted by Gasteiger charge is -2.28. The van der Waals surface area contributed by atoms with E-state index in [0.29, 0.717) is 27.6 Å². The predicted octanol–water partition coefficient (Wildman–Crippen LogP) is 7.35. The van der Waals surface area contributed by atoms with Gasteiger partial charge in [0, 0.05) is 30.1 Å². The summed E-state index contributed by atoms with van der Waals surface area (Å²) in [5, 5.41) is 7.32. The zero-order valence-electron chi connectivity index (χ0n) is 29.2. The molecule has 1 atom stereocenters. The number of imide groups is 1. The first-order chi connectivity index (χ1) is 22.9. The van der Waals surface area contributed by atoms with Crippen LogP contribution in [0.5, 0.6) is 0 Å². The van der Waals surface area contributed by atoms with E-state index < -0.39 is 39.3 Å². The first kappa shape index (κ1) is 36.9. The van der Waals surface area contributed by atoms with Gasteiger partial charge in [-0.2, -0.15) is 4.90 Å². The van der Waals surface area contributed by atoms with E-state index in [1.807, 2.05) is 31.2 Å². The van der Waals surface area contributed by atoms with E-state index in [4.69, 9.17) is 9.47 Å². The minimum atomic E-state index is -3.50. The molecule has 1 heterocycles. The average Bonchev–Trinajstić information content (AvgIpc) is 3.00. The first-order valence-corrected chi connectivity index (χ1v) is 17.8. The van der Waals surface area contributed by atoms with Crippen LogP contribution in [0.2, 0.25) is 0 Å². The number of amides is 3. The molecule has 4 rings (SSSR count). The minimum absolute atomic E-state index is 0.00560. The zero-order chi connectivity index (χ0) is 36.1. The fourth-order valence-corrected chi connectivity index (χ4v) is 5.99. The van der Waals surface area contributed by atoms with Crippen molar-refractivity contribution in [2.45, 2.75) is 83.6 Å². The second-order valence-corrected chi connectivity index (χ2v) is 15.6. The molecular formula is C37H44N4O7S. The van der Waals surface area contributed by atoms with Crippen molar-refractivity contribution < 1.29 is 32.3 Å². The number of carbonyl (C=O) groups is 3. The Bertz CT molecular complexity index is 1940. The molecule has 2 N–H and O–H groups in total. The first-order valence-electron chi connectivity index (χ1n) is 15.9. The van der Waals surface area contributed by atoms with E-state index in [0.717, 1.165) is 23.1 Å². The van der Waals surface area contributed by atoms with E-state index in [2.05, 4.69) is 15.6 Å². The largest absolute Gasteiger partial charge is 0.443 e. The lowest BCUT2D eigenvalue weighted by Crippen LogP contribution is -2.44. The monoisotopic (exact) mass is 688 g/mol. The zero-order valence-corrected chi connectivity index (χ0v) is 30.0. The average molecular weight is 689 g/mol. The Kier molecular flexibility index (Phi) is 11.0. The van der Waals surface area contributed by atoms with E-state index in [-0.39, 0.29) is 23.2 Å². The number of pyridine rings is 1. The molecule has 3 amide bonds. The lowest BCUT2D eigenvalue weighted by atomic mass is 10.0. The number of fused-ring (bicyclic) bond motifs is 1. The molecule has 0 aliphatic heterocycles. The summed E-state index contributed by atoms with van der Waals surface area (Å²) in [7, 11) is -3.50. The fraction of sp³-hybridized carbons (Fsp3) is 0.351. The highest BCUT2D eigenvalue weighted by molar-refractivity contribution is 7.90. The molecule has 0 saturated heterocycles. The SMILES string of the molecule is CCc1cccc(C(Nc2ccc3c(N(C(=O)OC(C)(C)C)C(=O)OC(C)(C)C)nccc3c2)C(=O)NCc2ccccc2S(C)(=O)=O)c1. The molecular weight excluding hydrogens is 644 g/mol. The highest BCUT2D eigenvalue weighted by Crippen LogP contribution is 2.31. The van der Waals surface area contributed by atoms with Crippen molar-refractivity contribution in [3.05, 3.63) is 95.7 Å². The number of ether oxygens (including phenoxy) is 2. The maximum Gasteiger partial charge on any atom is 0.425 e. The molecule has 0 aliphatic rings. The summed E-state index contributed by atoms with van der Waals surface area (Å²) in [5.74, 6) is -0.338. The van der Waals surface area contributed by atoms with Gasteiger partial charge in [0.15, 0.2) is 15.7 Å². The minimum Gasteiger partial charge on any atom is -0.443 e. The predicted molar refractivity (Wildman–Crippen MR) is 190 cm³/mol. The molecule has 49 heavy (non-hydrogen) atoms. The van der Waals surface area contributed by atoms with Gasteiger partial charge >= 0.3 is 12.2 Å². The molecule has 0 aliphatic carbocycles. The van der Waals surface area contributed by atoms with Crippen molar-refractivity contribution in [2.75, 3.05) is 16.5 Å². The summed E-state index contributed by atoms with van der Waals surface area (Å²) >= 11 is 0. The van der Waals surface area contributed by atoms with Crippen molar-refractivity contribution in [2.24, 2.45) is 0 Å². The lowest BCUT2D eigenvalue weighted by molar-refractivity contribution is -0.122. The van der Waals surface area contributed by atoms with Crippen LogP contribution in [0.3, 0.4) is 0 Å². The van der Waals surface area contributed by atoms with E-state index >= 15 is 0 Å². The summed E-state index contributed by atoms with van der Waals surface area (Å²) in [6, 6.07) is 20.3. The number of hydrogen-bond donors (Lipinski definition) is 2. The molecule has 0 radical (unpaired) electrons. The summed E-state index contributed by atoms with van der Waals surface area (Å²) in [4.78, 5) is 45.8. The molecule has 3 aromatic carbocycles. The van der Waals surface area contributed by atoms with Crippen molar-refractivity contribution in [3.8, 4) is 0 Å². The summed E-state index contributed by atoms with van der Waals surface area (Å²) in [6.45, 7) is 12.2. The van der Waals surface area contributed by atoms with Crippen LogP contribution in [0.15, 0.2) is 83.9 Å². The van der Waals surface area contributed by atoms with Gasteiger partial charge in [-0.1, -0.05) is 49.4 Å². The Hall–Kier alpha value is -4.97. The fourth-order valence-electron chi connectivity index (χ4n) is 5.05. The number of benzene rings is 3. The van der Waals surface area contributed by atoms with Gasteiger partial charge in [0.2, 0.25) is 5.91 Å². The number of sulfone groups is 1. The number of carbonyl (C=O) groups excluding carboxylic acids is 3. The number of nitrogens with zero attached hydrogens (tertiary/aromatic N) is 2. The van der Waals surface area contributed by atoms with Gasteiger partial charge in [0.05, 0.1) is 4.90 Å². The van der Waals surface area contributed by atoms with Gasteiger partial charge < -0.3 is 20.1 Å². The van der Waals surface area contributed by atoms with Gasteiger partial charge in [-0.3, -0.25) is 4.79 Å². The number of aryl methyl sites for hydroxylation is 1. The van der Waals surface area contributed by atoms with Crippen molar-refractivity contribution in [3.63, 3.8) is 0 Å². The van der Waals surface area contributed by atoms with Gasteiger partial charge in [0.1, 0.15) is 17.2 Å². The van der Waals surface area contributed by atoms with E-state index in [1.165, 1.54) is 12.3 Å². The van der Waals surface area contributed by atoms with Gasteiger partial charge in [-0.05, 0) is 100 Å². The third kappa shape index (κ3) is 9.79. The standard InChI is InChI=1S/C37H44N4O7S/c1-9-24-13-12-15-26(21-24)31(33(42)39-23-27-14-10-11-16-30(27)49(8,45)46)40-28-17-18-29-25(22-28)19-20-38-32(29)41(34(43)47-36(2,3)4)35(44)48-37(5,6)7/h10-22,31,40H,9,23H2,1-8H3,(H,39,42). The van der Waals surface area contributed by atoms with Crippen LogP contribution in [-0.4, -0.2) is 49.0 Å². The van der Waals surface area contributed by atoms with Crippen molar-refractivity contribution >= 4 is 50.2 Å². The highest BCUT2D eigenvalue weighted by atomic mass is 32.2. The number of hydrogen-bond acceptors (Lipinski definition) is 9. The quantitative estimate of drug-likeness (QED) is 0.184. The Morgan fingerprint density at radius 2 is 1.51 bits per heavy atom. The molecule has 0 fully saturated rings. The van der Waals surface area contributed by atoms with Crippen molar-refractivity contribution in [1.82, 2.24) is 10.3 Å². The Balaban J connectivity index is 1.71. The topological polar surface area (TPSA) is 144 Å². The molecule has 4 aromatic rings. The Morgan fingerprint density at radius 1 is 0.857 bits per heavy atom. The van der Waals surface area contributed by atoms with Crippen LogP contribution in [0, 0.1) is 0 Å². The maximum atomic E-state index is 13.8.